The molecule has 0 saturated carbocycles. The Hall–Kier alpha value is -3.61. The van der Waals surface area contributed by atoms with E-state index < -0.39 is 0 Å². The quantitative estimate of drug-likeness (QED) is 0.555. The summed E-state index contributed by atoms with van der Waals surface area (Å²) >= 11 is 0. The number of nitrogens with one attached hydrogen (secondary N) is 2. The number of carbonyl (C=O) groups excluding carboxylic acids is 1. The Morgan fingerprint density at radius 2 is 2.00 bits per heavy atom. The minimum Gasteiger partial charge on any atom is -0.496 e. The Morgan fingerprint density at radius 1 is 1.17 bits per heavy atom. The van der Waals surface area contributed by atoms with Crippen molar-refractivity contribution in [2.75, 3.05) is 13.7 Å². The number of ether oxygens (including phenoxy) is 1. The normalized spacial score (nSPS) is 16.4. The van der Waals surface area contributed by atoms with Crippen molar-refractivity contribution in [1.82, 2.24) is 25.1 Å². The molecule has 1 atom stereocenters. The number of hydrogen-bond donors (Lipinski definition) is 2. The first-order chi connectivity index (χ1) is 14.2. The SMILES string of the molecule is COc1ccccc1-c1cc(C(=O)N2CCCC2c2nc3ccccc3[nH]2)[nH]n1. The highest BCUT2D eigenvalue weighted by molar-refractivity contribution is 5.94. The van der Waals surface area contributed by atoms with E-state index in [1.54, 1.807) is 13.2 Å². The number of amides is 1. The van der Waals surface area contributed by atoms with E-state index in [9.17, 15) is 4.79 Å². The molecule has 7 heteroatoms. The van der Waals surface area contributed by atoms with Crippen LogP contribution in [0.4, 0.5) is 0 Å². The Labute approximate surface area is 167 Å². The van der Waals surface area contributed by atoms with Gasteiger partial charge in [0, 0.05) is 12.1 Å². The van der Waals surface area contributed by atoms with Crippen molar-refractivity contribution in [3.05, 3.63) is 66.1 Å². The molecular weight excluding hydrogens is 366 g/mol. The summed E-state index contributed by atoms with van der Waals surface area (Å²) in [6.45, 7) is 0.698. The fourth-order valence-corrected chi connectivity index (χ4v) is 4.00. The van der Waals surface area contributed by atoms with Gasteiger partial charge in [-0.1, -0.05) is 24.3 Å². The van der Waals surface area contributed by atoms with Crippen LogP contribution in [-0.2, 0) is 0 Å². The summed E-state index contributed by atoms with van der Waals surface area (Å²) < 4.78 is 5.41. The highest BCUT2D eigenvalue weighted by atomic mass is 16.5. The van der Waals surface area contributed by atoms with Gasteiger partial charge in [-0.2, -0.15) is 5.10 Å². The zero-order chi connectivity index (χ0) is 19.8. The fraction of sp³-hybridized carbons (Fsp3) is 0.227. The zero-order valence-corrected chi connectivity index (χ0v) is 16.1. The lowest BCUT2D eigenvalue weighted by atomic mass is 10.1. The Bertz CT molecular complexity index is 1150. The second-order valence-corrected chi connectivity index (χ2v) is 7.16. The lowest BCUT2D eigenvalue weighted by molar-refractivity contribution is 0.0724. The van der Waals surface area contributed by atoms with E-state index in [0.29, 0.717) is 17.9 Å². The predicted octanol–water partition coefficient (Wildman–Crippen LogP) is 3.94. The minimum absolute atomic E-state index is 0.0621. The van der Waals surface area contributed by atoms with Crippen molar-refractivity contribution in [3.8, 4) is 17.0 Å². The molecule has 29 heavy (non-hydrogen) atoms. The summed E-state index contributed by atoms with van der Waals surface area (Å²) in [6.07, 6.45) is 1.83. The number of benzene rings is 2. The molecule has 1 fully saturated rings. The van der Waals surface area contributed by atoms with Gasteiger partial charge in [0.05, 0.1) is 29.9 Å². The summed E-state index contributed by atoms with van der Waals surface area (Å²) in [6, 6.07) is 17.3. The van der Waals surface area contributed by atoms with E-state index in [-0.39, 0.29) is 11.9 Å². The Balaban J connectivity index is 1.43. The molecule has 1 unspecified atom stereocenters. The third-order valence-corrected chi connectivity index (χ3v) is 5.43. The van der Waals surface area contributed by atoms with E-state index in [1.165, 1.54) is 0 Å². The minimum atomic E-state index is -0.0680. The molecule has 0 aliphatic carbocycles. The maximum Gasteiger partial charge on any atom is 0.272 e. The van der Waals surface area contributed by atoms with E-state index in [1.807, 2.05) is 53.4 Å². The largest absolute Gasteiger partial charge is 0.496 e. The number of imidazole rings is 1. The average molecular weight is 387 g/mol. The molecule has 7 nitrogen and oxygen atoms in total. The van der Waals surface area contributed by atoms with Crippen LogP contribution in [0, 0.1) is 0 Å². The summed E-state index contributed by atoms with van der Waals surface area (Å²) in [5.41, 5.74) is 3.91. The molecular formula is C22H21N5O2. The second kappa shape index (κ2) is 7.09. The molecule has 1 amide bonds. The van der Waals surface area contributed by atoms with Gasteiger partial charge >= 0.3 is 0 Å². The number of rotatable bonds is 4. The maximum absolute atomic E-state index is 13.2. The number of fused-ring (bicyclic) bond motifs is 1. The Morgan fingerprint density at radius 3 is 2.86 bits per heavy atom. The molecule has 4 aromatic rings. The molecule has 146 valence electrons. The number of H-pyrrole nitrogens is 2. The Kier molecular flexibility index (Phi) is 4.27. The summed E-state index contributed by atoms with van der Waals surface area (Å²) in [5, 5.41) is 7.25. The van der Waals surface area contributed by atoms with Crippen LogP contribution in [0.15, 0.2) is 54.6 Å². The van der Waals surface area contributed by atoms with Crippen LogP contribution >= 0.6 is 0 Å². The second-order valence-electron chi connectivity index (χ2n) is 7.16. The molecule has 2 aromatic carbocycles. The van der Waals surface area contributed by atoms with Crippen LogP contribution < -0.4 is 4.74 Å². The number of likely N-dealkylation sites (tertiary alicyclic amines) is 1. The van der Waals surface area contributed by atoms with Gasteiger partial charge in [-0.05, 0) is 43.2 Å². The first-order valence-electron chi connectivity index (χ1n) is 9.69. The van der Waals surface area contributed by atoms with Crippen molar-refractivity contribution in [2.45, 2.75) is 18.9 Å². The van der Waals surface area contributed by atoms with Gasteiger partial charge in [0.25, 0.3) is 5.91 Å². The first-order valence-corrected chi connectivity index (χ1v) is 9.69. The van der Waals surface area contributed by atoms with Crippen molar-refractivity contribution in [3.63, 3.8) is 0 Å². The number of aromatic nitrogens is 4. The van der Waals surface area contributed by atoms with Gasteiger partial charge in [0.2, 0.25) is 0 Å². The van der Waals surface area contributed by atoms with Crippen molar-refractivity contribution >= 4 is 16.9 Å². The van der Waals surface area contributed by atoms with Crippen LogP contribution in [-0.4, -0.2) is 44.6 Å². The van der Waals surface area contributed by atoms with Gasteiger partial charge < -0.3 is 14.6 Å². The van der Waals surface area contributed by atoms with Gasteiger partial charge in [0.1, 0.15) is 17.3 Å². The molecule has 1 aliphatic heterocycles. The number of hydrogen-bond acceptors (Lipinski definition) is 4. The van der Waals surface area contributed by atoms with Crippen LogP contribution in [0.25, 0.3) is 22.3 Å². The summed E-state index contributed by atoms with van der Waals surface area (Å²) in [7, 11) is 1.62. The molecule has 2 aromatic heterocycles. The molecule has 0 bridgehead atoms. The van der Waals surface area contributed by atoms with Gasteiger partial charge in [-0.15, -0.1) is 0 Å². The molecule has 3 heterocycles. The predicted molar refractivity (Wildman–Crippen MR) is 110 cm³/mol. The molecule has 5 rings (SSSR count). The maximum atomic E-state index is 13.2. The number of para-hydroxylation sites is 3. The first kappa shape index (κ1) is 17.5. The van der Waals surface area contributed by atoms with Gasteiger partial charge in [0.15, 0.2) is 0 Å². The van der Waals surface area contributed by atoms with E-state index in [4.69, 9.17) is 9.72 Å². The number of nitrogens with zero attached hydrogens (tertiary/aromatic N) is 3. The highest BCUT2D eigenvalue weighted by Gasteiger charge is 2.33. The van der Waals surface area contributed by atoms with Gasteiger partial charge in [-0.3, -0.25) is 9.89 Å². The summed E-state index contributed by atoms with van der Waals surface area (Å²) in [5.74, 6) is 1.49. The van der Waals surface area contributed by atoms with Crippen molar-refractivity contribution < 1.29 is 9.53 Å². The highest BCUT2D eigenvalue weighted by Crippen LogP contribution is 2.33. The van der Waals surface area contributed by atoms with Crippen LogP contribution in [0.3, 0.4) is 0 Å². The van der Waals surface area contributed by atoms with Crippen molar-refractivity contribution in [2.24, 2.45) is 0 Å². The average Bonchev–Trinajstić information content (AvgIpc) is 3.51. The topological polar surface area (TPSA) is 86.9 Å². The third kappa shape index (κ3) is 3.04. The molecule has 2 N–H and O–H groups in total. The lowest BCUT2D eigenvalue weighted by Crippen LogP contribution is -2.31. The molecule has 0 radical (unpaired) electrons. The number of aromatic amines is 2. The van der Waals surface area contributed by atoms with E-state index >= 15 is 0 Å². The van der Waals surface area contributed by atoms with Crippen molar-refractivity contribution in [1.29, 1.82) is 0 Å². The number of methoxy groups -OCH3 is 1. The van der Waals surface area contributed by atoms with Crippen LogP contribution in [0.5, 0.6) is 5.75 Å². The lowest BCUT2D eigenvalue weighted by Gasteiger charge is -2.22. The van der Waals surface area contributed by atoms with E-state index in [0.717, 1.165) is 41.0 Å². The zero-order valence-electron chi connectivity index (χ0n) is 16.1. The standard InChI is InChI=1S/C22H21N5O2/c1-29-20-11-5-2-7-14(20)17-13-18(26-25-17)22(28)27-12-6-10-19(27)21-23-15-8-3-4-9-16(15)24-21/h2-5,7-9,11,13,19H,6,10,12H2,1H3,(H,23,24)(H,25,26). The monoisotopic (exact) mass is 387 g/mol. The van der Waals surface area contributed by atoms with Gasteiger partial charge in [-0.25, -0.2) is 4.98 Å². The summed E-state index contributed by atoms with van der Waals surface area (Å²) in [4.78, 5) is 23.2. The van der Waals surface area contributed by atoms with Crippen LogP contribution in [0.1, 0.15) is 35.2 Å². The van der Waals surface area contributed by atoms with Crippen LogP contribution in [0.2, 0.25) is 0 Å². The molecule has 1 aliphatic rings. The number of carbonyl (C=O) groups is 1. The third-order valence-electron chi connectivity index (χ3n) is 5.43. The smallest absolute Gasteiger partial charge is 0.272 e. The van der Waals surface area contributed by atoms with E-state index in [2.05, 4.69) is 15.2 Å². The molecule has 1 saturated heterocycles. The fourth-order valence-electron chi connectivity index (χ4n) is 4.00. The molecule has 0 spiro atoms.